The second kappa shape index (κ2) is 13.6. The highest BCUT2D eigenvalue weighted by Crippen LogP contribution is 2.35. The maximum absolute atomic E-state index is 13.1. The van der Waals surface area contributed by atoms with E-state index in [1.807, 2.05) is 6.92 Å². The largest absolute Gasteiger partial charge is 0.493 e. The predicted molar refractivity (Wildman–Crippen MR) is 131 cm³/mol. The second-order valence-electron chi connectivity index (χ2n) is 9.90. The Hall–Kier alpha value is -2.68. The van der Waals surface area contributed by atoms with Gasteiger partial charge in [-0.3, -0.25) is 14.4 Å². The minimum absolute atomic E-state index is 0.00190. The fraction of sp³-hybridized carbons (Fsp3) is 0.704. The molecule has 2 fully saturated rings. The number of aromatic nitrogens is 1. The van der Waals surface area contributed by atoms with E-state index in [4.69, 9.17) is 23.7 Å². The molecule has 36 heavy (non-hydrogen) atoms. The summed E-state index contributed by atoms with van der Waals surface area (Å²) in [6, 6.07) is 1.53. The Bertz CT molecular complexity index is 894. The highest BCUT2D eigenvalue weighted by atomic mass is 16.7. The number of hydrogen-bond donors (Lipinski definition) is 0. The number of ether oxygens (including phenoxy) is 5. The maximum Gasteiger partial charge on any atom is 0.309 e. The van der Waals surface area contributed by atoms with Crippen LogP contribution in [0.3, 0.4) is 0 Å². The molecular formula is C27H39NO8. The summed E-state index contributed by atoms with van der Waals surface area (Å²) >= 11 is 0. The molecule has 9 nitrogen and oxygen atoms in total. The van der Waals surface area contributed by atoms with E-state index in [9.17, 15) is 14.4 Å². The quantitative estimate of drug-likeness (QED) is 0.205. The molecule has 0 N–H and O–H groups in total. The van der Waals surface area contributed by atoms with Gasteiger partial charge in [-0.05, 0) is 44.4 Å². The van der Waals surface area contributed by atoms with Gasteiger partial charge in [0.2, 0.25) is 6.79 Å². The Balaban J connectivity index is 1.61. The van der Waals surface area contributed by atoms with Crippen LogP contribution in [-0.4, -0.2) is 55.4 Å². The lowest BCUT2D eigenvalue weighted by Crippen LogP contribution is -2.39. The minimum atomic E-state index is -0.690. The van der Waals surface area contributed by atoms with Gasteiger partial charge >= 0.3 is 11.9 Å². The standard InChI is InChI=1S/C27H39NO8/c1-17(14-22(30)24-26(35-16-34-19(3)29)23(32-4)12-13-28-24)27(31)36-18(2)25(33-15-20-10-11-20)21-8-6-5-7-9-21/h12-13,17-18,20-21,25H,5-11,14-16H2,1-4H3/t17-,18+,25+/m1/s1. The summed E-state index contributed by atoms with van der Waals surface area (Å²) in [6.45, 7) is 5.13. The third-order valence-electron chi connectivity index (χ3n) is 6.81. The van der Waals surface area contributed by atoms with E-state index in [-0.39, 0.29) is 29.7 Å². The van der Waals surface area contributed by atoms with Gasteiger partial charge in [-0.25, -0.2) is 4.98 Å². The minimum Gasteiger partial charge on any atom is -0.493 e. The maximum atomic E-state index is 13.1. The first kappa shape index (κ1) is 27.9. The van der Waals surface area contributed by atoms with Gasteiger partial charge in [0.1, 0.15) is 6.10 Å². The summed E-state index contributed by atoms with van der Waals surface area (Å²) in [5, 5.41) is 0. The van der Waals surface area contributed by atoms with Gasteiger partial charge in [0.25, 0.3) is 0 Å². The Labute approximate surface area is 213 Å². The molecule has 2 aliphatic carbocycles. The van der Waals surface area contributed by atoms with Crippen LogP contribution in [0.2, 0.25) is 0 Å². The summed E-state index contributed by atoms with van der Waals surface area (Å²) in [4.78, 5) is 41.2. The molecule has 0 aliphatic heterocycles. The van der Waals surface area contributed by atoms with Crippen molar-refractivity contribution in [2.45, 2.75) is 84.3 Å². The lowest BCUT2D eigenvalue weighted by atomic mass is 9.83. The van der Waals surface area contributed by atoms with Gasteiger partial charge in [-0.1, -0.05) is 26.2 Å². The zero-order valence-electron chi connectivity index (χ0n) is 21.8. The van der Waals surface area contributed by atoms with Crippen molar-refractivity contribution in [2.24, 2.45) is 17.8 Å². The van der Waals surface area contributed by atoms with Gasteiger partial charge in [0, 0.05) is 32.2 Å². The molecule has 0 unspecified atom stereocenters. The first-order chi connectivity index (χ1) is 17.3. The molecule has 0 aromatic carbocycles. The summed E-state index contributed by atoms with van der Waals surface area (Å²) < 4.78 is 27.6. The molecule has 0 radical (unpaired) electrons. The van der Waals surface area contributed by atoms with Crippen molar-refractivity contribution in [1.82, 2.24) is 4.98 Å². The fourth-order valence-corrected chi connectivity index (χ4v) is 4.57. The number of methoxy groups -OCH3 is 1. The van der Waals surface area contributed by atoms with Crippen LogP contribution in [0.25, 0.3) is 0 Å². The van der Waals surface area contributed by atoms with Crippen molar-refractivity contribution in [2.75, 3.05) is 20.5 Å². The lowest BCUT2D eigenvalue weighted by molar-refractivity contribution is -0.164. The molecule has 2 aliphatic rings. The van der Waals surface area contributed by atoms with Crippen molar-refractivity contribution in [1.29, 1.82) is 0 Å². The Morgan fingerprint density at radius 2 is 1.81 bits per heavy atom. The van der Waals surface area contributed by atoms with Gasteiger partial charge in [-0.15, -0.1) is 0 Å². The van der Waals surface area contributed by atoms with Gasteiger partial charge in [0.15, 0.2) is 23.0 Å². The van der Waals surface area contributed by atoms with Gasteiger partial charge in [-0.2, -0.15) is 0 Å². The van der Waals surface area contributed by atoms with E-state index in [1.165, 1.54) is 58.4 Å². The number of nitrogens with zero attached hydrogens (tertiary/aromatic N) is 1. The molecule has 9 heteroatoms. The van der Waals surface area contributed by atoms with E-state index in [0.717, 1.165) is 12.8 Å². The number of carbonyl (C=O) groups is 3. The molecule has 0 bridgehead atoms. The van der Waals surface area contributed by atoms with Crippen LogP contribution in [0.5, 0.6) is 11.5 Å². The summed E-state index contributed by atoms with van der Waals surface area (Å²) in [6.07, 6.45) is 8.95. The molecule has 200 valence electrons. The number of esters is 2. The van der Waals surface area contributed by atoms with E-state index in [0.29, 0.717) is 18.4 Å². The monoisotopic (exact) mass is 505 g/mol. The number of hydrogen-bond acceptors (Lipinski definition) is 9. The molecule has 2 saturated carbocycles. The lowest BCUT2D eigenvalue weighted by Gasteiger charge is -2.34. The summed E-state index contributed by atoms with van der Waals surface area (Å²) in [5.74, 6) is -0.722. The van der Waals surface area contributed by atoms with E-state index in [1.54, 1.807) is 6.92 Å². The molecule has 1 aromatic heterocycles. The first-order valence-corrected chi connectivity index (χ1v) is 12.9. The van der Waals surface area contributed by atoms with Crippen LogP contribution >= 0.6 is 0 Å². The molecule has 1 heterocycles. The average Bonchev–Trinajstić information content (AvgIpc) is 3.69. The SMILES string of the molecule is COc1ccnc(C(=O)C[C@@H](C)C(=O)O[C@@H](C)[C@H](OCC2CC2)C2CCCCC2)c1OCOC(C)=O. The highest BCUT2D eigenvalue weighted by molar-refractivity contribution is 5.99. The highest BCUT2D eigenvalue weighted by Gasteiger charge is 2.34. The molecule has 0 amide bonds. The molecule has 1 aromatic rings. The van der Waals surface area contributed by atoms with Crippen LogP contribution in [0.1, 0.15) is 82.6 Å². The number of Topliss-reactive ketones (excluding diaryl/α,β-unsaturated/α-hetero) is 1. The molecule has 3 atom stereocenters. The van der Waals surface area contributed by atoms with Crippen LogP contribution in [-0.2, 0) is 23.8 Å². The van der Waals surface area contributed by atoms with Crippen molar-refractivity contribution in [3.05, 3.63) is 18.0 Å². The van der Waals surface area contributed by atoms with Crippen molar-refractivity contribution < 1.29 is 38.1 Å². The Kier molecular flexibility index (Phi) is 10.5. The second-order valence-corrected chi connectivity index (χ2v) is 9.90. The van der Waals surface area contributed by atoms with Crippen LogP contribution < -0.4 is 9.47 Å². The smallest absolute Gasteiger partial charge is 0.309 e. The zero-order valence-corrected chi connectivity index (χ0v) is 21.8. The summed E-state index contributed by atoms with van der Waals surface area (Å²) in [5.41, 5.74) is 0.00190. The Morgan fingerprint density at radius 3 is 2.44 bits per heavy atom. The van der Waals surface area contributed by atoms with E-state index >= 15 is 0 Å². The first-order valence-electron chi connectivity index (χ1n) is 12.9. The van der Waals surface area contributed by atoms with Crippen molar-refractivity contribution >= 4 is 17.7 Å². The number of rotatable bonds is 14. The van der Waals surface area contributed by atoms with Crippen molar-refractivity contribution in [3.8, 4) is 11.5 Å². The molecular weight excluding hydrogens is 466 g/mol. The normalized spacial score (nSPS) is 18.6. The number of carbonyl (C=O) groups excluding carboxylic acids is 3. The number of ketones is 1. The van der Waals surface area contributed by atoms with Gasteiger partial charge in [0.05, 0.1) is 19.1 Å². The molecule has 3 rings (SSSR count). The van der Waals surface area contributed by atoms with Crippen LogP contribution in [0, 0.1) is 17.8 Å². The van der Waals surface area contributed by atoms with Crippen molar-refractivity contribution in [3.63, 3.8) is 0 Å². The van der Waals surface area contributed by atoms with E-state index < -0.39 is 36.5 Å². The topological polar surface area (TPSA) is 110 Å². The van der Waals surface area contributed by atoms with Gasteiger partial charge < -0.3 is 23.7 Å². The van der Waals surface area contributed by atoms with Crippen LogP contribution in [0.4, 0.5) is 0 Å². The Morgan fingerprint density at radius 1 is 1.08 bits per heavy atom. The van der Waals surface area contributed by atoms with E-state index in [2.05, 4.69) is 4.98 Å². The zero-order chi connectivity index (χ0) is 26.1. The molecule has 0 saturated heterocycles. The average molecular weight is 506 g/mol. The fourth-order valence-electron chi connectivity index (χ4n) is 4.57. The molecule has 0 spiro atoms. The number of pyridine rings is 1. The summed E-state index contributed by atoms with van der Waals surface area (Å²) in [7, 11) is 1.43. The predicted octanol–water partition coefficient (Wildman–Crippen LogP) is 4.51. The third-order valence-corrected chi connectivity index (χ3v) is 6.81. The third kappa shape index (κ3) is 8.18. The van der Waals surface area contributed by atoms with Crippen LogP contribution in [0.15, 0.2) is 12.3 Å².